The van der Waals surface area contributed by atoms with Crippen molar-refractivity contribution in [1.82, 2.24) is 4.57 Å². The molecule has 1 aromatic heterocycles. The van der Waals surface area contributed by atoms with Gasteiger partial charge in [-0.3, -0.25) is 0 Å². The van der Waals surface area contributed by atoms with Crippen LogP contribution in [0.25, 0.3) is 11.1 Å². The molecule has 0 spiro atoms. The predicted molar refractivity (Wildman–Crippen MR) is 73.6 cm³/mol. The summed E-state index contributed by atoms with van der Waals surface area (Å²) in [5, 5.41) is 0. The number of hydrogen-bond acceptors (Lipinski definition) is 1. The third kappa shape index (κ3) is 2.52. The molecule has 0 amide bonds. The van der Waals surface area contributed by atoms with Gasteiger partial charge in [-0.1, -0.05) is 38.1 Å². The van der Waals surface area contributed by atoms with E-state index >= 15 is 0 Å². The third-order valence-electron chi connectivity index (χ3n) is 3.00. The first-order chi connectivity index (χ1) is 8.24. The quantitative estimate of drug-likeness (QED) is 0.851. The summed E-state index contributed by atoms with van der Waals surface area (Å²) >= 11 is 0. The van der Waals surface area contributed by atoms with Gasteiger partial charge in [0, 0.05) is 24.5 Å². The third-order valence-corrected chi connectivity index (χ3v) is 3.00. The molecule has 0 bridgehead atoms. The number of hydrogen-bond donors (Lipinski definition) is 1. The highest BCUT2D eigenvalue weighted by Gasteiger charge is 2.05. The van der Waals surface area contributed by atoms with E-state index in [1.165, 1.54) is 11.1 Å². The van der Waals surface area contributed by atoms with Gasteiger partial charge < -0.3 is 10.3 Å². The zero-order valence-electron chi connectivity index (χ0n) is 10.3. The molecule has 1 radical (unpaired) electrons. The Balaban J connectivity index is 2.31. The van der Waals surface area contributed by atoms with E-state index in [2.05, 4.69) is 48.9 Å². The molecular formula is C15H19N2. The minimum atomic E-state index is 0.836. The average molecular weight is 227 g/mol. The number of nitrogens with two attached hydrogens (primary N) is 1. The van der Waals surface area contributed by atoms with Gasteiger partial charge in [-0.05, 0) is 24.0 Å². The fraction of sp³-hybridized carbons (Fsp3) is 0.267. The zero-order chi connectivity index (χ0) is 12.3. The van der Waals surface area contributed by atoms with Crippen LogP contribution in [-0.4, -0.2) is 4.57 Å². The second-order valence-electron chi connectivity index (χ2n) is 4.27. The molecule has 1 aromatic carbocycles. The molecule has 0 aliphatic carbocycles. The molecule has 2 N–H and O–H groups in total. The molecule has 0 saturated heterocycles. The van der Waals surface area contributed by atoms with Crippen molar-refractivity contribution in [2.24, 2.45) is 0 Å². The fourth-order valence-electron chi connectivity index (χ4n) is 2.00. The van der Waals surface area contributed by atoms with Gasteiger partial charge in [-0.2, -0.15) is 0 Å². The summed E-state index contributed by atoms with van der Waals surface area (Å²) in [5.41, 5.74) is 10.5. The van der Waals surface area contributed by atoms with Crippen LogP contribution in [0.4, 0.5) is 5.69 Å². The van der Waals surface area contributed by atoms with Crippen molar-refractivity contribution in [3.8, 4) is 11.1 Å². The number of nitrogen functional groups attached to an aromatic ring is 1. The van der Waals surface area contributed by atoms with Gasteiger partial charge in [0.15, 0.2) is 0 Å². The standard InChI is InChI=1S/C15H19N2/c1-3-9-17-10-14(15(16)11-17)13-7-5-12(4-2)6-8-13/h5-8,10-11H,1,3-4,9,16H2,2H3. The number of benzene rings is 1. The monoisotopic (exact) mass is 227 g/mol. The molecule has 17 heavy (non-hydrogen) atoms. The Morgan fingerprint density at radius 2 is 1.88 bits per heavy atom. The van der Waals surface area contributed by atoms with Gasteiger partial charge in [0.1, 0.15) is 0 Å². The number of rotatable bonds is 4. The second-order valence-corrected chi connectivity index (χ2v) is 4.27. The molecule has 0 aliphatic rings. The summed E-state index contributed by atoms with van der Waals surface area (Å²) in [6, 6.07) is 8.60. The lowest BCUT2D eigenvalue weighted by atomic mass is 10.0. The number of nitrogens with zero attached hydrogens (tertiary/aromatic N) is 1. The van der Waals surface area contributed by atoms with Crippen LogP contribution in [-0.2, 0) is 13.0 Å². The van der Waals surface area contributed by atoms with Crippen LogP contribution >= 0.6 is 0 Å². The number of anilines is 1. The second kappa shape index (κ2) is 5.09. The van der Waals surface area contributed by atoms with Crippen LogP contribution in [0.3, 0.4) is 0 Å². The summed E-state index contributed by atoms with van der Waals surface area (Å²) in [6.45, 7) is 6.93. The Hall–Kier alpha value is -1.70. The molecule has 0 atom stereocenters. The van der Waals surface area contributed by atoms with Crippen molar-refractivity contribution >= 4 is 5.69 Å². The highest BCUT2D eigenvalue weighted by molar-refractivity contribution is 5.76. The van der Waals surface area contributed by atoms with E-state index in [1.54, 1.807) is 0 Å². The van der Waals surface area contributed by atoms with Crippen LogP contribution in [0.15, 0.2) is 36.7 Å². The molecule has 0 unspecified atom stereocenters. The Morgan fingerprint density at radius 3 is 2.47 bits per heavy atom. The van der Waals surface area contributed by atoms with E-state index in [0.717, 1.165) is 30.6 Å². The molecule has 0 saturated carbocycles. The van der Waals surface area contributed by atoms with Gasteiger partial charge in [-0.15, -0.1) is 0 Å². The minimum absolute atomic E-state index is 0.836. The van der Waals surface area contributed by atoms with Crippen LogP contribution in [0, 0.1) is 6.92 Å². The lowest BCUT2D eigenvalue weighted by molar-refractivity contribution is 0.714. The van der Waals surface area contributed by atoms with E-state index in [-0.39, 0.29) is 0 Å². The molecule has 89 valence electrons. The van der Waals surface area contributed by atoms with Crippen molar-refractivity contribution in [1.29, 1.82) is 0 Å². The van der Waals surface area contributed by atoms with Crippen LogP contribution in [0.2, 0.25) is 0 Å². The van der Waals surface area contributed by atoms with Gasteiger partial charge in [0.25, 0.3) is 0 Å². The van der Waals surface area contributed by atoms with Gasteiger partial charge in [-0.25, -0.2) is 0 Å². The van der Waals surface area contributed by atoms with Crippen molar-refractivity contribution in [2.75, 3.05) is 5.73 Å². The van der Waals surface area contributed by atoms with E-state index in [4.69, 9.17) is 5.73 Å². The Bertz CT molecular complexity index is 480. The predicted octanol–water partition coefficient (Wildman–Crippen LogP) is 3.52. The van der Waals surface area contributed by atoms with Crippen LogP contribution < -0.4 is 5.73 Å². The maximum atomic E-state index is 6.03. The summed E-state index contributed by atoms with van der Waals surface area (Å²) < 4.78 is 2.10. The van der Waals surface area contributed by atoms with E-state index in [0.29, 0.717) is 0 Å². The SMILES string of the molecule is [CH2]CCn1cc(N)c(-c2ccc(CC)cc2)c1. The van der Waals surface area contributed by atoms with E-state index in [1.807, 2.05) is 6.20 Å². The molecule has 2 nitrogen and oxygen atoms in total. The molecule has 2 rings (SSSR count). The lowest BCUT2D eigenvalue weighted by Crippen LogP contribution is -1.91. The Kier molecular flexibility index (Phi) is 3.52. The zero-order valence-corrected chi connectivity index (χ0v) is 10.3. The average Bonchev–Trinajstić information content (AvgIpc) is 2.71. The maximum absolute atomic E-state index is 6.03. The van der Waals surface area contributed by atoms with Gasteiger partial charge in [0.05, 0.1) is 5.69 Å². The van der Waals surface area contributed by atoms with Gasteiger partial charge in [0.2, 0.25) is 0 Å². The molecule has 0 fully saturated rings. The highest BCUT2D eigenvalue weighted by Crippen LogP contribution is 2.27. The number of aromatic nitrogens is 1. The highest BCUT2D eigenvalue weighted by atomic mass is 14.9. The van der Waals surface area contributed by atoms with Crippen molar-refractivity contribution in [3.05, 3.63) is 49.1 Å². The number of aryl methyl sites for hydroxylation is 2. The molecule has 0 aliphatic heterocycles. The minimum Gasteiger partial charge on any atom is -0.397 e. The van der Waals surface area contributed by atoms with Crippen molar-refractivity contribution in [2.45, 2.75) is 26.3 Å². The first kappa shape index (κ1) is 11.8. The first-order valence-corrected chi connectivity index (χ1v) is 6.08. The Labute approximate surface area is 103 Å². The van der Waals surface area contributed by atoms with Crippen LogP contribution in [0.5, 0.6) is 0 Å². The van der Waals surface area contributed by atoms with Crippen molar-refractivity contribution < 1.29 is 0 Å². The topological polar surface area (TPSA) is 30.9 Å². The van der Waals surface area contributed by atoms with Crippen molar-refractivity contribution in [3.63, 3.8) is 0 Å². The Morgan fingerprint density at radius 1 is 1.18 bits per heavy atom. The largest absolute Gasteiger partial charge is 0.397 e. The molecule has 2 aromatic rings. The smallest absolute Gasteiger partial charge is 0.0573 e. The van der Waals surface area contributed by atoms with E-state index in [9.17, 15) is 0 Å². The fourth-order valence-corrected chi connectivity index (χ4v) is 2.00. The normalized spacial score (nSPS) is 10.7. The summed E-state index contributed by atoms with van der Waals surface area (Å²) in [5.74, 6) is 0. The summed E-state index contributed by atoms with van der Waals surface area (Å²) in [7, 11) is 0. The molecule has 2 heteroatoms. The summed E-state index contributed by atoms with van der Waals surface area (Å²) in [4.78, 5) is 0. The van der Waals surface area contributed by atoms with Crippen LogP contribution in [0.1, 0.15) is 18.9 Å². The molecular weight excluding hydrogens is 208 g/mol. The first-order valence-electron chi connectivity index (χ1n) is 6.08. The maximum Gasteiger partial charge on any atom is 0.0573 e. The summed E-state index contributed by atoms with van der Waals surface area (Å²) in [6.07, 6.45) is 6.02. The van der Waals surface area contributed by atoms with E-state index < -0.39 is 0 Å². The molecule has 1 heterocycles. The lowest BCUT2D eigenvalue weighted by Gasteiger charge is -2.02. The van der Waals surface area contributed by atoms with Gasteiger partial charge >= 0.3 is 0 Å².